The van der Waals surface area contributed by atoms with Crippen LogP contribution in [0.4, 0.5) is 13.2 Å². The Hall–Kier alpha value is -2.36. The van der Waals surface area contributed by atoms with Crippen LogP contribution in [-0.2, 0) is 29.2 Å². The zero-order valence-electron chi connectivity index (χ0n) is 16.7. The van der Waals surface area contributed by atoms with Crippen LogP contribution in [0.25, 0.3) is 0 Å². The number of nitrogens with zero attached hydrogens (tertiary/aromatic N) is 4. The molecule has 2 heterocycles. The fourth-order valence-corrected chi connectivity index (χ4v) is 3.33. The van der Waals surface area contributed by atoms with Crippen molar-refractivity contribution in [2.75, 3.05) is 19.6 Å². The van der Waals surface area contributed by atoms with Gasteiger partial charge in [0.25, 0.3) is 0 Å². The Kier molecular flexibility index (Phi) is 7.83. The Morgan fingerprint density at radius 1 is 1.21 bits per heavy atom. The molecule has 10 heteroatoms. The second kappa shape index (κ2) is 9.91. The van der Waals surface area contributed by atoms with Crippen LogP contribution < -0.4 is 0 Å². The molecule has 0 fully saturated rings. The van der Waals surface area contributed by atoms with Crippen molar-refractivity contribution < 1.29 is 27.9 Å². The molecule has 0 saturated carbocycles. The fraction of sp³-hybridized carbons (Fsp3) is 0.632. The highest BCUT2D eigenvalue weighted by molar-refractivity contribution is 5.79. The zero-order chi connectivity index (χ0) is 21.6. The molecule has 7 nitrogen and oxygen atoms in total. The van der Waals surface area contributed by atoms with Gasteiger partial charge in [0.05, 0.1) is 12.2 Å². The highest BCUT2D eigenvalue weighted by Gasteiger charge is 2.38. The number of hydrogen-bond acceptors (Lipinski definition) is 4. The SMILES string of the molecule is CCN(CC)Cc1cn2c(n1)CN(C(=O)C1CC=CC1)CC2.O=C(O)C(F)(F)F. The summed E-state index contributed by atoms with van der Waals surface area (Å²) in [6.45, 7) is 9.66. The highest BCUT2D eigenvalue weighted by atomic mass is 19.4. The largest absolute Gasteiger partial charge is 0.490 e. The molecule has 0 unspecified atom stereocenters. The molecule has 0 radical (unpaired) electrons. The van der Waals surface area contributed by atoms with Crippen molar-refractivity contribution >= 4 is 11.9 Å². The van der Waals surface area contributed by atoms with E-state index in [0.717, 1.165) is 57.1 Å². The molecule has 0 saturated heterocycles. The molecule has 29 heavy (non-hydrogen) atoms. The Bertz CT molecular complexity index is 734. The molecule has 162 valence electrons. The number of hydrogen-bond donors (Lipinski definition) is 1. The highest BCUT2D eigenvalue weighted by Crippen LogP contribution is 2.23. The Morgan fingerprint density at radius 2 is 1.79 bits per heavy atom. The van der Waals surface area contributed by atoms with E-state index in [1.165, 1.54) is 0 Å². The summed E-state index contributed by atoms with van der Waals surface area (Å²) in [5, 5.41) is 7.12. The summed E-state index contributed by atoms with van der Waals surface area (Å²) in [5.41, 5.74) is 1.12. The Labute approximate surface area is 167 Å². The van der Waals surface area contributed by atoms with Crippen molar-refractivity contribution in [1.29, 1.82) is 0 Å². The van der Waals surface area contributed by atoms with Gasteiger partial charge in [0.2, 0.25) is 5.91 Å². The van der Waals surface area contributed by atoms with Crippen LogP contribution in [0.2, 0.25) is 0 Å². The molecule has 1 aromatic rings. The van der Waals surface area contributed by atoms with Crippen LogP contribution in [0.3, 0.4) is 0 Å². The molecule has 0 atom stereocenters. The summed E-state index contributed by atoms with van der Waals surface area (Å²) in [5.74, 6) is -1.26. The number of aliphatic carboxylic acids is 1. The van der Waals surface area contributed by atoms with Gasteiger partial charge in [0.1, 0.15) is 5.82 Å². The minimum atomic E-state index is -5.08. The molecule has 1 N–H and O–H groups in total. The van der Waals surface area contributed by atoms with Crippen molar-refractivity contribution in [2.24, 2.45) is 5.92 Å². The van der Waals surface area contributed by atoms with Crippen LogP contribution >= 0.6 is 0 Å². The molecule has 2 aliphatic rings. The van der Waals surface area contributed by atoms with Crippen LogP contribution in [-0.4, -0.2) is 62.1 Å². The van der Waals surface area contributed by atoms with Crippen molar-refractivity contribution in [2.45, 2.75) is 52.5 Å². The first-order valence-corrected chi connectivity index (χ1v) is 9.66. The number of carboxylic acids is 1. The summed E-state index contributed by atoms with van der Waals surface area (Å²) in [6.07, 6.45) is 3.12. The lowest BCUT2D eigenvalue weighted by atomic mass is 10.1. The molecule has 1 amide bonds. The van der Waals surface area contributed by atoms with E-state index >= 15 is 0 Å². The minimum Gasteiger partial charge on any atom is -0.475 e. The summed E-state index contributed by atoms with van der Waals surface area (Å²) < 4.78 is 34.0. The molecule has 0 aromatic carbocycles. The Balaban J connectivity index is 0.000000370. The first-order chi connectivity index (χ1) is 13.7. The molecule has 3 rings (SSSR count). The van der Waals surface area contributed by atoms with Gasteiger partial charge >= 0.3 is 12.1 Å². The predicted octanol–water partition coefficient (Wildman–Crippen LogP) is 2.67. The number of imidazole rings is 1. The van der Waals surface area contributed by atoms with E-state index in [1.54, 1.807) is 0 Å². The number of amides is 1. The van der Waals surface area contributed by atoms with Crippen molar-refractivity contribution in [3.8, 4) is 0 Å². The Morgan fingerprint density at radius 3 is 2.31 bits per heavy atom. The van der Waals surface area contributed by atoms with E-state index in [0.29, 0.717) is 12.5 Å². The monoisotopic (exact) mass is 416 g/mol. The lowest BCUT2D eigenvalue weighted by Crippen LogP contribution is -2.41. The normalized spacial score (nSPS) is 16.6. The fourth-order valence-electron chi connectivity index (χ4n) is 3.33. The number of alkyl halides is 3. The summed E-state index contributed by atoms with van der Waals surface area (Å²) in [4.78, 5) is 30.5. The first-order valence-electron chi connectivity index (χ1n) is 9.66. The third kappa shape index (κ3) is 6.31. The standard InChI is InChI=1S/C17H26N4O.C2HF3O2/c1-3-19(4-2)11-15-12-20-9-10-21(13-16(20)18-15)17(22)14-7-5-6-8-14;3-2(4,5)1(6)7/h5-6,12,14H,3-4,7-11,13H2,1-2H3;(H,6,7). The number of fused-ring (bicyclic) bond motifs is 1. The summed E-state index contributed by atoms with van der Waals surface area (Å²) in [6, 6.07) is 0. The average molecular weight is 416 g/mol. The van der Waals surface area contributed by atoms with E-state index in [4.69, 9.17) is 14.9 Å². The quantitative estimate of drug-likeness (QED) is 0.747. The molecule has 1 aliphatic heterocycles. The van der Waals surface area contributed by atoms with Gasteiger partial charge in [-0.1, -0.05) is 26.0 Å². The van der Waals surface area contributed by atoms with Gasteiger partial charge in [0, 0.05) is 31.7 Å². The molecule has 1 aliphatic carbocycles. The minimum absolute atomic E-state index is 0.164. The van der Waals surface area contributed by atoms with Gasteiger partial charge in [-0.15, -0.1) is 0 Å². The lowest BCUT2D eigenvalue weighted by molar-refractivity contribution is -0.192. The third-order valence-electron chi connectivity index (χ3n) is 5.04. The lowest BCUT2D eigenvalue weighted by Gasteiger charge is -2.29. The number of allylic oxidation sites excluding steroid dienone is 2. The third-order valence-corrected chi connectivity index (χ3v) is 5.04. The van der Waals surface area contributed by atoms with Gasteiger partial charge < -0.3 is 14.6 Å². The smallest absolute Gasteiger partial charge is 0.475 e. The van der Waals surface area contributed by atoms with Crippen LogP contribution in [0.5, 0.6) is 0 Å². The molecule has 1 aromatic heterocycles. The van der Waals surface area contributed by atoms with Gasteiger partial charge in [0.15, 0.2) is 0 Å². The number of carbonyl (C=O) groups is 2. The van der Waals surface area contributed by atoms with Crippen LogP contribution in [0, 0.1) is 5.92 Å². The van der Waals surface area contributed by atoms with Gasteiger partial charge in [-0.05, 0) is 25.9 Å². The van der Waals surface area contributed by atoms with Crippen LogP contribution in [0.1, 0.15) is 38.2 Å². The van der Waals surface area contributed by atoms with E-state index in [-0.39, 0.29) is 5.92 Å². The number of carboxylic acid groups (broad SMARTS) is 1. The molecule has 0 bridgehead atoms. The molecular weight excluding hydrogens is 389 g/mol. The van der Waals surface area contributed by atoms with Crippen molar-refractivity contribution in [3.05, 3.63) is 29.9 Å². The van der Waals surface area contributed by atoms with E-state index in [2.05, 4.69) is 41.7 Å². The van der Waals surface area contributed by atoms with E-state index in [1.807, 2.05) is 4.90 Å². The number of aromatic nitrogens is 2. The van der Waals surface area contributed by atoms with Crippen LogP contribution in [0.15, 0.2) is 18.3 Å². The number of halogens is 3. The summed E-state index contributed by atoms with van der Waals surface area (Å²) in [7, 11) is 0. The predicted molar refractivity (Wildman–Crippen MR) is 99.8 cm³/mol. The zero-order valence-corrected chi connectivity index (χ0v) is 16.7. The average Bonchev–Trinajstić information content (AvgIpc) is 3.34. The van der Waals surface area contributed by atoms with Crippen molar-refractivity contribution in [3.63, 3.8) is 0 Å². The maximum absolute atomic E-state index is 12.5. The maximum Gasteiger partial charge on any atom is 0.490 e. The van der Waals surface area contributed by atoms with E-state index in [9.17, 15) is 18.0 Å². The van der Waals surface area contributed by atoms with Gasteiger partial charge in [-0.25, -0.2) is 9.78 Å². The van der Waals surface area contributed by atoms with E-state index < -0.39 is 12.1 Å². The topological polar surface area (TPSA) is 78.7 Å². The second-order valence-electron chi connectivity index (χ2n) is 7.01. The summed E-state index contributed by atoms with van der Waals surface area (Å²) >= 11 is 0. The molecular formula is C19H27F3N4O3. The van der Waals surface area contributed by atoms with Gasteiger partial charge in [-0.2, -0.15) is 13.2 Å². The number of carbonyl (C=O) groups excluding carboxylic acids is 1. The van der Waals surface area contributed by atoms with Gasteiger partial charge in [-0.3, -0.25) is 9.69 Å². The second-order valence-corrected chi connectivity index (χ2v) is 7.01. The molecule has 0 spiro atoms. The van der Waals surface area contributed by atoms with Crippen molar-refractivity contribution in [1.82, 2.24) is 19.4 Å². The first kappa shape index (κ1) is 22.9. The number of rotatable bonds is 5. The maximum atomic E-state index is 12.5.